The number of nitrogens with one attached hydrogen (secondary N) is 1. The second-order valence-electron chi connectivity index (χ2n) is 5.77. The molecule has 0 aliphatic carbocycles. The maximum absolute atomic E-state index is 12.5. The summed E-state index contributed by atoms with van der Waals surface area (Å²) in [4.78, 5) is 24.6. The van der Waals surface area contributed by atoms with Gasteiger partial charge in [-0.1, -0.05) is 41.9 Å². The van der Waals surface area contributed by atoms with Gasteiger partial charge in [0.1, 0.15) is 0 Å². The molecule has 0 aromatic heterocycles. The third kappa shape index (κ3) is 3.22. The number of amides is 1. The summed E-state index contributed by atoms with van der Waals surface area (Å²) in [6.07, 6.45) is 0.357. The van der Waals surface area contributed by atoms with E-state index in [1.165, 1.54) is 0 Å². The molecule has 4 nitrogen and oxygen atoms in total. The number of rotatable bonds is 3. The van der Waals surface area contributed by atoms with Crippen LogP contribution in [0.4, 0.5) is 0 Å². The van der Waals surface area contributed by atoms with Crippen LogP contribution in [0.5, 0.6) is 0 Å². The van der Waals surface area contributed by atoms with Crippen LogP contribution in [-0.2, 0) is 22.5 Å². The zero-order valence-corrected chi connectivity index (χ0v) is 13.4. The number of fused-ring (bicyclic) bond motifs is 1. The fourth-order valence-electron chi connectivity index (χ4n) is 2.68. The first-order valence-corrected chi connectivity index (χ1v) is 7.70. The van der Waals surface area contributed by atoms with Gasteiger partial charge in [0.2, 0.25) is 0 Å². The number of esters is 1. The molecule has 2 aromatic carbocycles. The van der Waals surface area contributed by atoms with Crippen molar-refractivity contribution in [2.45, 2.75) is 25.5 Å². The fourth-order valence-corrected chi connectivity index (χ4v) is 2.89. The molecule has 0 saturated heterocycles. The van der Waals surface area contributed by atoms with Crippen LogP contribution in [0.1, 0.15) is 28.4 Å². The molecule has 1 unspecified atom stereocenters. The number of cyclic esters (lactones) is 1. The van der Waals surface area contributed by atoms with E-state index in [0.29, 0.717) is 23.6 Å². The number of hydrogen-bond donors (Lipinski definition) is 1. The van der Waals surface area contributed by atoms with Crippen LogP contribution in [0.2, 0.25) is 5.02 Å². The third-order valence-corrected chi connectivity index (χ3v) is 4.14. The van der Waals surface area contributed by atoms with Gasteiger partial charge in [-0.25, -0.2) is 4.79 Å². The van der Waals surface area contributed by atoms with Crippen LogP contribution in [-0.4, -0.2) is 17.5 Å². The van der Waals surface area contributed by atoms with Crippen molar-refractivity contribution in [1.82, 2.24) is 5.32 Å². The van der Waals surface area contributed by atoms with E-state index in [1.807, 2.05) is 24.3 Å². The van der Waals surface area contributed by atoms with Crippen LogP contribution in [0.25, 0.3) is 0 Å². The molecule has 0 saturated carbocycles. The molecule has 1 atom stereocenters. The molecule has 2 aromatic rings. The molecule has 1 amide bonds. The summed E-state index contributed by atoms with van der Waals surface area (Å²) in [6, 6.07) is 14.4. The first-order valence-electron chi connectivity index (χ1n) is 7.32. The largest absolute Gasteiger partial charge is 0.445 e. The summed E-state index contributed by atoms with van der Waals surface area (Å²) in [6.45, 7) is 1.96. The van der Waals surface area contributed by atoms with E-state index in [4.69, 9.17) is 16.3 Å². The monoisotopic (exact) mass is 329 g/mol. The van der Waals surface area contributed by atoms with Crippen molar-refractivity contribution in [2.75, 3.05) is 0 Å². The summed E-state index contributed by atoms with van der Waals surface area (Å²) in [5, 5.41) is 3.42. The number of carbonyl (C=O) groups excluding carboxylic acids is 2. The molecule has 118 valence electrons. The van der Waals surface area contributed by atoms with E-state index in [1.54, 1.807) is 31.2 Å². The van der Waals surface area contributed by atoms with Crippen LogP contribution in [0, 0.1) is 0 Å². The summed E-state index contributed by atoms with van der Waals surface area (Å²) in [5.41, 5.74) is 1.03. The Hall–Kier alpha value is -2.33. The highest BCUT2D eigenvalue weighted by atomic mass is 35.5. The molecule has 5 heteroatoms. The summed E-state index contributed by atoms with van der Waals surface area (Å²) < 4.78 is 5.40. The second-order valence-corrected chi connectivity index (χ2v) is 6.20. The highest BCUT2D eigenvalue weighted by molar-refractivity contribution is 6.30. The molecule has 1 N–H and O–H groups in total. The maximum Gasteiger partial charge on any atom is 0.339 e. The Morgan fingerprint density at radius 1 is 1.26 bits per heavy atom. The van der Waals surface area contributed by atoms with Crippen molar-refractivity contribution in [3.63, 3.8) is 0 Å². The molecular weight excluding hydrogens is 314 g/mol. The minimum Gasteiger partial charge on any atom is -0.445 e. The minimum absolute atomic E-state index is 0.319. The lowest BCUT2D eigenvalue weighted by Gasteiger charge is -2.33. The van der Waals surface area contributed by atoms with Gasteiger partial charge in [-0.2, -0.15) is 0 Å². The first-order chi connectivity index (χ1) is 11.0. The lowest BCUT2D eigenvalue weighted by Crippen LogP contribution is -2.51. The van der Waals surface area contributed by atoms with E-state index in [-0.39, 0.29) is 5.91 Å². The Bertz CT molecular complexity index is 774. The molecule has 23 heavy (non-hydrogen) atoms. The van der Waals surface area contributed by atoms with Gasteiger partial charge in [-0.15, -0.1) is 0 Å². The average molecular weight is 330 g/mol. The lowest BCUT2D eigenvalue weighted by atomic mass is 9.89. The third-order valence-electron chi connectivity index (χ3n) is 3.91. The predicted molar refractivity (Wildman–Crippen MR) is 87.3 cm³/mol. The number of ether oxygens (including phenoxy) is 1. The van der Waals surface area contributed by atoms with Gasteiger partial charge in [0.25, 0.3) is 5.91 Å². The lowest BCUT2D eigenvalue weighted by molar-refractivity contribution is -0.139. The van der Waals surface area contributed by atoms with Gasteiger partial charge in [0.15, 0.2) is 5.60 Å². The molecule has 0 spiro atoms. The minimum atomic E-state index is -1.20. The molecule has 3 rings (SSSR count). The van der Waals surface area contributed by atoms with Crippen LogP contribution < -0.4 is 5.32 Å². The van der Waals surface area contributed by atoms with E-state index in [9.17, 15) is 9.59 Å². The van der Waals surface area contributed by atoms with Crippen molar-refractivity contribution in [3.8, 4) is 0 Å². The van der Waals surface area contributed by atoms with Crippen molar-refractivity contribution >= 4 is 23.5 Å². The highest BCUT2D eigenvalue weighted by Gasteiger charge is 2.42. The van der Waals surface area contributed by atoms with Gasteiger partial charge in [-0.3, -0.25) is 4.79 Å². The van der Waals surface area contributed by atoms with Crippen LogP contribution in [0.3, 0.4) is 0 Å². The van der Waals surface area contributed by atoms with Gasteiger partial charge >= 0.3 is 5.97 Å². The van der Waals surface area contributed by atoms with Crippen molar-refractivity contribution < 1.29 is 14.3 Å². The molecule has 0 fully saturated rings. The molecule has 1 heterocycles. The van der Waals surface area contributed by atoms with Crippen molar-refractivity contribution in [2.24, 2.45) is 0 Å². The molecular formula is C18H16ClNO3. The standard InChI is InChI=1S/C18H16ClNO3/c1-18(10-13-6-2-3-8-15(13)16(21)23-18)17(22)20-11-12-5-4-7-14(19)9-12/h2-9H,10-11H2,1H3,(H,20,22). The van der Waals surface area contributed by atoms with Gasteiger partial charge < -0.3 is 10.1 Å². The number of carbonyl (C=O) groups is 2. The number of hydrogen-bond acceptors (Lipinski definition) is 3. The Kier molecular flexibility index (Phi) is 4.09. The predicted octanol–water partition coefficient (Wildman–Crippen LogP) is 3.13. The Morgan fingerprint density at radius 2 is 2.04 bits per heavy atom. The zero-order valence-electron chi connectivity index (χ0n) is 12.6. The smallest absolute Gasteiger partial charge is 0.339 e. The Labute approximate surface area is 139 Å². The highest BCUT2D eigenvalue weighted by Crippen LogP contribution is 2.28. The van der Waals surface area contributed by atoms with Gasteiger partial charge in [-0.05, 0) is 36.2 Å². The average Bonchev–Trinajstić information content (AvgIpc) is 2.52. The van der Waals surface area contributed by atoms with E-state index in [0.717, 1.165) is 11.1 Å². The summed E-state index contributed by atoms with van der Waals surface area (Å²) in [7, 11) is 0. The first kappa shape index (κ1) is 15.6. The Morgan fingerprint density at radius 3 is 2.83 bits per heavy atom. The van der Waals surface area contributed by atoms with E-state index >= 15 is 0 Å². The number of halogens is 1. The van der Waals surface area contributed by atoms with Gasteiger partial charge in [0, 0.05) is 18.0 Å². The molecule has 0 radical (unpaired) electrons. The van der Waals surface area contributed by atoms with Crippen molar-refractivity contribution in [1.29, 1.82) is 0 Å². The maximum atomic E-state index is 12.5. The zero-order chi connectivity index (χ0) is 16.4. The SMILES string of the molecule is CC1(C(=O)NCc2cccc(Cl)c2)Cc2ccccc2C(=O)O1. The van der Waals surface area contributed by atoms with Crippen LogP contribution in [0.15, 0.2) is 48.5 Å². The quantitative estimate of drug-likeness (QED) is 0.880. The van der Waals surface area contributed by atoms with Crippen LogP contribution >= 0.6 is 11.6 Å². The molecule has 0 bridgehead atoms. The second kappa shape index (κ2) is 6.05. The van der Waals surface area contributed by atoms with Crippen molar-refractivity contribution in [3.05, 3.63) is 70.2 Å². The Balaban J connectivity index is 1.73. The normalized spacial score (nSPS) is 19.7. The molecule has 1 aliphatic heterocycles. The fraction of sp³-hybridized carbons (Fsp3) is 0.222. The molecule has 1 aliphatic rings. The summed E-state index contributed by atoms with van der Waals surface area (Å²) >= 11 is 5.93. The topological polar surface area (TPSA) is 55.4 Å². The van der Waals surface area contributed by atoms with E-state index < -0.39 is 11.6 Å². The van der Waals surface area contributed by atoms with Gasteiger partial charge in [0.05, 0.1) is 5.56 Å². The number of benzene rings is 2. The summed E-state index contributed by atoms with van der Waals surface area (Å²) in [5.74, 6) is -0.785. The van der Waals surface area contributed by atoms with E-state index in [2.05, 4.69) is 5.32 Å².